The highest BCUT2D eigenvalue weighted by Gasteiger charge is 2.20. The summed E-state index contributed by atoms with van der Waals surface area (Å²) in [5, 5.41) is 7.27. The van der Waals surface area contributed by atoms with Gasteiger partial charge in [-0.25, -0.2) is 0 Å². The van der Waals surface area contributed by atoms with Crippen LogP contribution in [0, 0.1) is 6.92 Å². The highest BCUT2D eigenvalue weighted by atomic mass is 16.2. The number of aromatic nitrogens is 2. The minimum Gasteiger partial charge on any atom is -0.395 e. The zero-order valence-corrected chi connectivity index (χ0v) is 13.2. The summed E-state index contributed by atoms with van der Waals surface area (Å²) in [6.07, 6.45) is 0. The molecule has 0 spiro atoms. The second-order valence-electron chi connectivity index (χ2n) is 5.02. The molecule has 0 aromatic carbocycles. The lowest BCUT2D eigenvalue weighted by molar-refractivity contribution is 0.0920. The first kappa shape index (κ1) is 16.5. The number of anilines is 1. The van der Waals surface area contributed by atoms with Gasteiger partial charge in [0.25, 0.3) is 5.91 Å². The molecule has 1 rings (SSSR count). The molecular formula is C14H27N5O. The van der Waals surface area contributed by atoms with Crippen LogP contribution in [0.5, 0.6) is 0 Å². The largest absolute Gasteiger partial charge is 0.395 e. The number of rotatable bonds is 7. The van der Waals surface area contributed by atoms with Crippen LogP contribution in [0.1, 0.15) is 43.9 Å². The van der Waals surface area contributed by atoms with E-state index < -0.39 is 0 Å². The third-order valence-electron chi connectivity index (χ3n) is 3.49. The maximum absolute atomic E-state index is 12.4. The van der Waals surface area contributed by atoms with Crippen molar-refractivity contribution >= 4 is 11.6 Å². The molecule has 3 N–H and O–H groups in total. The number of nitrogens with zero attached hydrogens (tertiary/aromatic N) is 3. The molecule has 0 bridgehead atoms. The average Bonchev–Trinajstić information content (AvgIpc) is 2.71. The summed E-state index contributed by atoms with van der Waals surface area (Å²) in [5.74, 6) is -0.149. The van der Waals surface area contributed by atoms with Gasteiger partial charge in [0.15, 0.2) is 0 Å². The van der Waals surface area contributed by atoms with Gasteiger partial charge in [-0.1, -0.05) is 13.8 Å². The van der Waals surface area contributed by atoms with Crippen LogP contribution in [0.3, 0.4) is 0 Å². The number of nitrogen functional groups attached to an aromatic ring is 1. The third-order valence-corrected chi connectivity index (χ3v) is 3.49. The van der Waals surface area contributed by atoms with E-state index >= 15 is 0 Å². The third kappa shape index (κ3) is 3.72. The standard InChI is InChI=1S/C14H27N5O/c1-6-18(7-2)9-10(4)16-14(20)13-12(15)11(5)17-19(13)8-3/h10H,6-9,15H2,1-5H3,(H,16,20). The van der Waals surface area contributed by atoms with Crippen LogP contribution < -0.4 is 11.1 Å². The number of nitrogens with two attached hydrogens (primary N) is 1. The van der Waals surface area contributed by atoms with Crippen molar-refractivity contribution in [2.45, 2.75) is 47.2 Å². The van der Waals surface area contributed by atoms with E-state index in [-0.39, 0.29) is 11.9 Å². The molecule has 6 heteroatoms. The first-order chi connectivity index (χ1) is 9.44. The molecule has 6 nitrogen and oxygen atoms in total. The number of likely N-dealkylation sites (N-methyl/N-ethyl adjacent to an activating group) is 1. The zero-order chi connectivity index (χ0) is 15.3. The van der Waals surface area contributed by atoms with E-state index in [1.54, 1.807) is 4.68 Å². The van der Waals surface area contributed by atoms with E-state index in [9.17, 15) is 4.79 Å². The van der Waals surface area contributed by atoms with Gasteiger partial charge in [-0.3, -0.25) is 9.48 Å². The number of aryl methyl sites for hydroxylation is 2. The molecule has 0 fully saturated rings. The molecule has 0 saturated heterocycles. The van der Waals surface area contributed by atoms with E-state index in [2.05, 4.69) is 29.2 Å². The van der Waals surface area contributed by atoms with Gasteiger partial charge in [0.1, 0.15) is 5.69 Å². The van der Waals surface area contributed by atoms with Crippen LogP contribution in [0.15, 0.2) is 0 Å². The Balaban J connectivity index is 2.76. The Morgan fingerprint density at radius 1 is 1.40 bits per heavy atom. The quantitative estimate of drug-likeness (QED) is 0.789. The molecule has 1 amide bonds. The number of hydrogen-bond acceptors (Lipinski definition) is 4. The SMILES string of the molecule is CCN(CC)CC(C)NC(=O)c1c(N)c(C)nn1CC. The second-order valence-corrected chi connectivity index (χ2v) is 5.02. The van der Waals surface area contributed by atoms with Gasteiger partial charge < -0.3 is 16.0 Å². The average molecular weight is 281 g/mol. The Labute approximate surface area is 121 Å². The highest BCUT2D eigenvalue weighted by Crippen LogP contribution is 2.16. The summed E-state index contributed by atoms with van der Waals surface area (Å²) >= 11 is 0. The van der Waals surface area contributed by atoms with Gasteiger partial charge in [-0.2, -0.15) is 5.10 Å². The number of carbonyl (C=O) groups excluding carboxylic acids is 1. The zero-order valence-electron chi connectivity index (χ0n) is 13.2. The van der Waals surface area contributed by atoms with Crippen LogP contribution in [0.25, 0.3) is 0 Å². The molecule has 1 atom stereocenters. The van der Waals surface area contributed by atoms with Gasteiger partial charge in [0, 0.05) is 19.1 Å². The number of carbonyl (C=O) groups is 1. The van der Waals surface area contributed by atoms with Crippen LogP contribution in [0.2, 0.25) is 0 Å². The lowest BCUT2D eigenvalue weighted by atomic mass is 10.2. The molecule has 1 aromatic heterocycles. The van der Waals surface area contributed by atoms with E-state index in [0.29, 0.717) is 23.6 Å². The van der Waals surface area contributed by atoms with E-state index in [4.69, 9.17) is 5.73 Å². The van der Waals surface area contributed by atoms with Gasteiger partial charge >= 0.3 is 0 Å². The van der Waals surface area contributed by atoms with Gasteiger partial charge in [0.05, 0.1) is 11.4 Å². The first-order valence-corrected chi connectivity index (χ1v) is 7.30. The molecule has 0 aliphatic carbocycles. The molecule has 20 heavy (non-hydrogen) atoms. The Bertz CT molecular complexity index is 451. The predicted molar refractivity (Wildman–Crippen MR) is 81.8 cm³/mol. The fourth-order valence-corrected chi connectivity index (χ4v) is 2.27. The molecule has 1 unspecified atom stereocenters. The monoisotopic (exact) mass is 281 g/mol. The summed E-state index contributed by atoms with van der Waals surface area (Å²) in [6.45, 7) is 13.4. The summed E-state index contributed by atoms with van der Waals surface area (Å²) in [5.41, 5.74) is 7.60. The fourth-order valence-electron chi connectivity index (χ4n) is 2.27. The molecule has 1 heterocycles. The molecule has 114 valence electrons. The molecule has 0 aliphatic rings. The van der Waals surface area contributed by atoms with E-state index in [1.807, 2.05) is 20.8 Å². The Morgan fingerprint density at radius 3 is 2.50 bits per heavy atom. The Kier molecular flexibility index (Phi) is 6.01. The van der Waals surface area contributed by atoms with Crippen LogP contribution >= 0.6 is 0 Å². The first-order valence-electron chi connectivity index (χ1n) is 7.30. The number of amides is 1. The molecule has 0 saturated carbocycles. The maximum Gasteiger partial charge on any atom is 0.271 e. The summed E-state index contributed by atoms with van der Waals surface area (Å²) in [7, 11) is 0. The molecular weight excluding hydrogens is 254 g/mol. The lowest BCUT2D eigenvalue weighted by Crippen LogP contribution is -2.42. The van der Waals surface area contributed by atoms with E-state index in [0.717, 1.165) is 19.6 Å². The summed E-state index contributed by atoms with van der Waals surface area (Å²) in [6, 6.07) is 0.0716. The van der Waals surface area contributed by atoms with Crippen molar-refractivity contribution < 1.29 is 4.79 Å². The van der Waals surface area contributed by atoms with E-state index in [1.165, 1.54) is 0 Å². The van der Waals surface area contributed by atoms with Gasteiger partial charge in [-0.05, 0) is 33.9 Å². The minimum absolute atomic E-state index is 0.0716. The molecule has 1 aromatic rings. The van der Waals surface area contributed by atoms with Crippen molar-refractivity contribution in [2.24, 2.45) is 0 Å². The van der Waals surface area contributed by atoms with Crippen molar-refractivity contribution in [1.29, 1.82) is 0 Å². The van der Waals surface area contributed by atoms with Crippen molar-refractivity contribution in [1.82, 2.24) is 20.0 Å². The molecule has 0 aliphatic heterocycles. The van der Waals surface area contributed by atoms with Crippen molar-refractivity contribution in [2.75, 3.05) is 25.4 Å². The topological polar surface area (TPSA) is 76.2 Å². The van der Waals surface area contributed by atoms with Crippen LogP contribution in [-0.2, 0) is 6.54 Å². The maximum atomic E-state index is 12.4. The smallest absolute Gasteiger partial charge is 0.271 e. The van der Waals surface area contributed by atoms with Gasteiger partial charge in [0.2, 0.25) is 0 Å². The van der Waals surface area contributed by atoms with Crippen LogP contribution in [0.4, 0.5) is 5.69 Å². The summed E-state index contributed by atoms with van der Waals surface area (Å²) < 4.78 is 1.66. The van der Waals surface area contributed by atoms with Crippen molar-refractivity contribution in [3.8, 4) is 0 Å². The highest BCUT2D eigenvalue weighted by molar-refractivity contribution is 5.98. The Morgan fingerprint density at radius 2 is 2.00 bits per heavy atom. The second kappa shape index (κ2) is 7.28. The normalized spacial score (nSPS) is 12.7. The Hall–Kier alpha value is -1.56. The van der Waals surface area contributed by atoms with Gasteiger partial charge in [-0.15, -0.1) is 0 Å². The molecule has 0 radical (unpaired) electrons. The van der Waals surface area contributed by atoms with Crippen molar-refractivity contribution in [3.63, 3.8) is 0 Å². The van der Waals surface area contributed by atoms with Crippen LogP contribution in [-0.4, -0.2) is 46.3 Å². The lowest BCUT2D eigenvalue weighted by Gasteiger charge is -2.23. The summed E-state index contributed by atoms with van der Waals surface area (Å²) in [4.78, 5) is 14.6. The fraction of sp³-hybridized carbons (Fsp3) is 0.714. The predicted octanol–water partition coefficient (Wildman–Crippen LogP) is 1.25. The number of hydrogen-bond donors (Lipinski definition) is 2. The number of nitrogens with one attached hydrogen (secondary N) is 1. The van der Waals surface area contributed by atoms with Crippen molar-refractivity contribution in [3.05, 3.63) is 11.4 Å². The minimum atomic E-state index is -0.149.